The molecule has 0 spiro atoms. The molecule has 0 radical (unpaired) electrons. The van der Waals surface area contributed by atoms with Crippen LogP contribution >= 0.6 is 11.3 Å². The van der Waals surface area contributed by atoms with Crippen molar-refractivity contribution in [3.05, 3.63) is 50.7 Å². The third kappa shape index (κ3) is 4.45. The van der Waals surface area contributed by atoms with Crippen molar-refractivity contribution in [2.45, 2.75) is 11.3 Å². The summed E-state index contributed by atoms with van der Waals surface area (Å²) < 4.78 is 23.3. The van der Waals surface area contributed by atoms with Crippen molar-refractivity contribution >= 4 is 38.5 Å². The largest absolute Gasteiger partial charge is 0.362 e. The Morgan fingerprint density at radius 1 is 1.22 bits per heavy atom. The van der Waals surface area contributed by atoms with Crippen LogP contribution in [0.4, 0.5) is 11.4 Å². The van der Waals surface area contributed by atoms with Crippen LogP contribution in [-0.2, 0) is 21.1 Å². The van der Waals surface area contributed by atoms with Crippen LogP contribution in [-0.4, -0.2) is 56.6 Å². The Kier molecular flexibility index (Phi) is 5.47. The fraction of sp³-hybridized carbons (Fsp3) is 0.353. The van der Waals surface area contributed by atoms with Crippen LogP contribution in [0.2, 0.25) is 0 Å². The standard InChI is InChI=1S/C17H19N3O5S2/c1-27(24,25)14-2-3-15(16(11-14)20(22)23)18-5-7-19(8-6-18)17(21)10-13-4-9-26-12-13/h2-4,9,11-12H,5-8,10H2,1H3. The van der Waals surface area contributed by atoms with Crippen molar-refractivity contribution in [2.75, 3.05) is 37.3 Å². The summed E-state index contributed by atoms with van der Waals surface area (Å²) >= 11 is 1.55. The maximum atomic E-state index is 12.4. The molecule has 27 heavy (non-hydrogen) atoms. The molecule has 0 N–H and O–H groups in total. The maximum absolute atomic E-state index is 12.4. The maximum Gasteiger partial charge on any atom is 0.293 e. The van der Waals surface area contributed by atoms with Gasteiger partial charge in [0, 0.05) is 38.5 Å². The van der Waals surface area contributed by atoms with Gasteiger partial charge in [0.05, 0.1) is 16.2 Å². The van der Waals surface area contributed by atoms with Gasteiger partial charge in [-0.05, 0) is 34.5 Å². The van der Waals surface area contributed by atoms with Crippen LogP contribution in [0.3, 0.4) is 0 Å². The number of anilines is 1. The lowest BCUT2D eigenvalue weighted by atomic mass is 10.2. The van der Waals surface area contributed by atoms with Crippen LogP contribution < -0.4 is 4.90 Å². The van der Waals surface area contributed by atoms with Gasteiger partial charge in [-0.2, -0.15) is 11.3 Å². The number of carbonyl (C=O) groups excluding carboxylic acids is 1. The van der Waals surface area contributed by atoms with Gasteiger partial charge in [-0.15, -0.1) is 0 Å². The summed E-state index contributed by atoms with van der Waals surface area (Å²) in [4.78, 5) is 26.7. The fourth-order valence-corrected chi connectivity index (χ4v) is 4.33. The van der Waals surface area contributed by atoms with E-state index < -0.39 is 14.8 Å². The first-order valence-electron chi connectivity index (χ1n) is 8.28. The van der Waals surface area contributed by atoms with E-state index in [2.05, 4.69) is 0 Å². The quantitative estimate of drug-likeness (QED) is 0.553. The molecule has 1 aliphatic heterocycles. The van der Waals surface area contributed by atoms with Gasteiger partial charge in [0.15, 0.2) is 9.84 Å². The zero-order valence-electron chi connectivity index (χ0n) is 14.7. The molecule has 1 aromatic heterocycles. The summed E-state index contributed by atoms with van der Waals surface area (Å²) in [5.41, 5.74) is 1.12. The molecule has 0 aliphatic carbocycles. The Morgan fingerprint density at radius 2 is 1.93 bits per heavy atom. The molecule has 144 valence electrons. The molecule has 0 atom stereocenters. The van der Waals surface area contributed by atoms with Gasteiger partial charge in [-0.1, -0.05) is 0 Å². The number of rotatable bonds is 5. The lowest BCUT2D eigenvalue weighted by molar-refractivity contribution is -0.384. The molecule has 1 amide bonds. The number of sulfone groups is 1. The highest BCUT2D eigenvalue weighted by Gasteiger charge is 2.27. The summed E-state index contributed by atoms with van der Waals surface area (Å²) in [5.74, 6) is 0.0370. The highest BCUT2D eigenvalue weighted by molar-refractivity contribution is 7.90. The van der Waals surface area contributed by atoms with E-state index in [1.807, 2.05) is 21.7 Å². The van der Waals surface area contributed by atoms with Crippen molar-refractivity contribution in [1.82, 2.24) is 4.90 Å². The van der Waals surface area contributed by atoms with Crippen LogP contribution in [0.15, 0.2) is 39.9 Å². The minimum absolute atomic E-state index is 0.0370. The smallest absolute Gasteiger partial charge is 0.293 e. The van der Waals surface area contributed by atoms with E-state index >= 15 is 0 Å². The Balaban J connectivity index is 1.72. The Bertz CT molecular complexity index is 949. The van der Waals surface area contributed by atoms with Crippen LogP contribution in [0.1, 0.15) is 5.56 Å². The summed E-state index contributed by atoms with van der Waals surface area (Å²) in [7, 11) is -3.53. The molecule has 10 heteroatoms. The van der Waals surface area contributed by atoms with E-state index in [1.165, 1.54) is 12.1 Å². The van der Waals surface area contributed by atoms with Crippen molar-refractivity contribution in [1.29, 1.82) is 0 Å². The summed E-state index contributed by atoms with van der Waals surface area (Å²) in [5, 5.41) is 15.3. The average molecular weight is 409 g/mol. The van der Waals surface area contributed by atoms with Crippen LogP contribution in [0.5, 0.6) is 0 Å². The molecule has 1 saturated heterocycles. The highest BCUT2D eigenvalue weighted by atomic mass is 32.2. The van der Waals surface area contributed by atoms with Gasteiger partial charge >= 0.3 is 0 Å². The normalized spacial score (nSPS) is 15.0. The van der Waals surface area contributed by atoms with Crippen LogP contribution in [0, 0.1) is 10.1 Å². The first-order valence-corrected chi connectivity index (χ1v) is 11.1. The van der Waals surface area contributed by atoms with Crippen molar-refractivity contribution < 1.29 is 18.1 Å². The number of nitrogens with zero attached hydrogens (tertiary/aromatic N) is 3. The zero-order valence-corrected chi connectivity index (χ0v) is 16.3. The van der Waals surface area contributed by atoms with Gasteiger partial charge in [0.2, 0.25) is 5.91 Å². The third-order valence-corrected chi connectivity index (χ3v) is 6.32. The molecule has 2 heterocycles. The fourth-order valence-electron chi connectivity index (χ4n) is 3.02. The molecule has 0 saturated carbocycles. The SMILES string of the molecule is CS(=O)(=O)c1ccc(N2CCN(C(=O)Cc3ccsc3)CC2)c([N+](=O)[O-])c1. The van der Waals surface area contributed by atoms with Gasteiger partial charge in [-0.3, -0.25) is 14.9 Å². The van der Waals surface area contributed by atoms with Gasteiger partial charge < -0.3 is 9.80 Å². The molecule has 1 fully saturated rings. The van der Waals surface area contributed by atoms with E-state index in [0.29, 0.717) is 38.3 Å². The van der Waals surface area contributed by atoms with E-state index in [-0.39, 0.29) is 16.5 Å². The number of benzene rings is 1. The lowest BCUT2D eigenvalue weighted by Crippen LogP contribution is -2.49. The second-order valence-corrected chi connectivity index (χ2v) is 9.15. The van der Waals surface area contributed by atoms with Gasteiger partial charge in [-0.25, -0.2) is 8.42 Å². The van der Waals surface area contributed by atoms with E-state index in [0.717, 1.165) is 17.9 Å². The number of thiophene rings is 1. The first-order chi connectivity index (χ1) is 12.8. The number of hydrogen-bond acceptors (Lipinski definition) is 7. The Morgan fingerprint density at radius 3 is 2.48 bits per heavy atom. The topological polar surface area (TPSA) is 101 Å². The minimum Gasteiger partial charge on any atom is -0.362 e. The second-order valence-electron chi connectivity index (χ2n) is 6.36. The summed E-state index contributed by atoms with van der Waals surface area (Å²) in [6.07, 6.45) is 1.37. The molecule has 1 aromatic carbocycles. The Hall–Kier alpha value is -2.46. The number of piperazine rings is 1. The van der Waals surface area contributed by atoms with E-state index in [1.54, 1.807) is 16.2 Å². The minimum atomic E-state index is -3.53. The molecular formula is C17H19N3O5S2. The van der Waals surface area contributed by atoms with E-state index in [9.17, 15) is 23.3 Å². The van der Waals surface area contributed by atoms with Crippen molar-refractivity contribution in [3.8, 4) is 0 Å². The predicted octanol–water partition coefficient (Wildman–Crippen LogP) is 1.95. The molecular weight excluding hydrogens is 390 g/mol. The summed E-state index contributed by atoms with van der Waals surface area (Å²) in [6.45, 7) is 1.84. The number of nitro groups is 1. The molecule has 0 unspecified atom stereocenters. The molecule has 3 rings (SSSR count). The number of carbonyl (C=O) groups is 1. The number of nitro benzene ring substituents is 1. The van der Waals surface area contributed by atoms with Crippen molar-refractivity contribution in [2.24, 2.45) is 0 Å². The Labute approximate surface area is 161 Å². The van der Waals surface area contributed by atoms with Gasteiger partial charge in [0.1, 0.15) is 5.69 Å². The molecule has 0 bridgehead atoms. The molecule has 2 aromatic rings. The number of hydrogen-bond donors (Lipinski definition) is 0. The van der Waals surface area contributed by atoms with Crippen molar-refractivity contribution in [3.63, 3.8) is 0 Å². The molecule has 8 nitrogen and oxygen atoms in total. The first kappa shape index (κ1) is 19.3. The second kappa shape index (κ2) is 7.65. The average Bonchev–Trinajstić information content (AvgIpc) is 3.13. The lowest BCUT2D eigenvalue weighted by Gasteiger charge is -2.35. The monoisotopic (exact) mass is 409 g/mol. The zero-order chi connectivity index (χ0) is 19.6. The molecule has 1 aliphatic rings. The van der Waals surface area contributed by atoms with Gasteiger partial charge in [0.25, 0.3) is 5.69 Å². The number of amides is 1. The van der Waals surface area contributed by atoms with Crippen LogP contribution in [0.25, 0.3) is 0 Å². The highest BCUT2D eigenvalue weighted by Crippen LogP contribution is 2.31. The summed E-state index contributed by atoms with van der Waals surface area (Å²) in [6, 6.07) is 5.87. The van der Waals surface area contributed by atoms with E-state index in [4.69, 9.17) is 0 Å². The third-order valence-electron chi connectivity index (χ3n) is 4.48. The predicted molar refractivity (Wildman–Crippen MR) is 103 cm³/mol.